The molecule has 140 valence electrons. The largest absolute Gasteiger partial charge is 0.463 e. The molecular formula is C20H27BO4S. The molecule has 3 aliphatic rings. The molecule has 2 unspecified atom stereocenters. The zero-order chi connectivity index (χ0) is 18.9. The third-order valence-electron chi connectivity index (χ3n) is 6.74. The number of fused-ring (bicyclic) bond motifs is 2. The van der Waals surface area contributed by atoms with Gasteiger partial charge in [-0.3, -0.25) is 0 Å². The molecule has 2 bridgehead atoms. The van der Waals surface area contributed by atoms with Gasteiger partial charge in [-0.1, -0.05) is 29.8 Å². The second-order valence-electron chi connectivity index (χ2n) is 8.97. The monoisotopic (exact) mass is 374 g/mol. The van der Waals surface area contributed by atoms with Crippen LogP contribution in [0.4, 0.5) is 0 Å². The van der Waals surface area contributed by atoms with Gasteiger partial charge in [-0.05, 0) is 65.0 Å². The van der Waals surface area contributed by atoms with Gasteiger partial charge in [0.25, 0.3) is 0 Å². The van der Waals surface area contributed by atoms with Crippen LogP contribution in [0.25, 0.3) is 0 Å². The van der Waals surface area contributed by atoms with Gasteiger partial charge in [0.2, 0.25) is 0 Å². The van der Waals surface area contributed by atoms with Gasteiger partial charge in [-0.2, -0.15) is 0 Å². The van der Waals surface area contributed by atoms with E-state index in [1.54, 1.807) is 12.1 Å². The third kappa shape index (κ3) is 2.61. The molecule has 0 N–H and O–H groups in total. The molecule has 0 amide bonds. The van der Waals surface area contributed by atoms with Crippen molar-refractivity contribution in [2.75, 3.05) is 0 Å². The van der Waals surface area contributed by atoms with E-state index >= 15 is 0 Å². The molecule has 1 aromatic carbocycles. The van der Waals surface area contributed by atoms with E-state index in [4.69, 9.17) is 9.31 Å². The van der Waals surface area contributed by atoms with Crippen molar-refractivity contribution >= 4 is 17.0 Å². The number of rotatable bonds is 3. The Bertz CT molecular complexity index is 825. The summed E-state index contributed by atoms with van der Waals surface area (Å²) in [7, 11) is -3.95. The van der Waals surface area contributed by atoms with E-state index in [9.17, 15) is 8.42 Å². The first kappa shape index (κ1) is 18.3. The van der Waals surface area contributed by atoms with Crippen LogP contribution >= 0.6 is 0 Å². The lowest BCUT2D eigenvalue weighted by molar-refractivity contribution is 0.00578. The summed E-state index contributed by atoms with van der Waals surface area (Å²) in [6.45, 7) is 10.0. The normalized spacial score (nSPS) is 34.6. The molecule has 2 fully saturated rings. The number of benzene rings is 1. The lowest BCUT2D eigenvalue weighted by atomic mass is 9.65. The van der Waals surface area contributed by atoms with Gasteiger partial charge < -0.3 is 9.31 Å². The minimum absolute atomic E-state index is 0.0373. The second-order valence-corrected chi connectivity index (χ2v) is 11.1. The molecule has 1 heterocycles. The van der Waals surface area contributed by atoms with Crippen molar-refractivity contribution in [1.82, 2.24) is 0 Å². The molecule has 2 aliphatic carbocycles. The van der Waals surface area contributed by atoms with E-state index in [1.165, 1.54) is 0 Å². The average Bonchev–Trinajstić information content (AvgIpc) is 3.19. The predicted octanol–water partition coefficient (Wildman–Crippen LogP) is 3.81. The van der Waals surface area contributed by atoms with Crippen molar-refractivity contribution in [3.63, 3.8) is 0 Å². The fraction of sp³-hybridized carbons (Fsp3) is 0.600. The van der Waals surface area contributed by atoms with Crippen molar-refractivity contribution < 1.29 is 17.7 Å². The quantitative estimate of drug-likeness (QED) is 0.597. The van der Waals surface area contributed by atoms with E-state index in [1.807, 2.05) is 46.8 Å². The SMILES string of the molecule is Cc1ccc(S(=O)(=O)[C@H]2C3C=CC(C3)[C@@H]2B2OC(C)(C)C(C)(C)O2)cc1. The van der Waals surface area contributed by atoms with Crippen molar-refractivity contribution in [2.24, 2.45) is 11.8 Å². The summed E-state index contributed by atoms with van der Waals surface area (Å²) in [5.41, 5.74) is 0.141. The van der Waals surface area contributed by atoms with E-state index in [2.05, 4.69) is 12.2 Å². The van der Waals surface area contributed by atoms with Gasteiger partial charge >= 0.3 is 7.12 Å². The molecular weight excluding hydrogens is 347 g/mol. The first-order valence-electron chi connectivity index (χ1n) is 9.37. The fourth-order valence-electron chi connectivity index (χ4n) is 4.54. The summed E-state index contributed by atoms with van der Waals surface area (Å²) in [6, 6.07) is 7.17. The Balaban J connectivity index is 1.71. The Morgan fingerprint density at radius 2 is 1.50 bits per heavy atom. The maximum atomic E-state index is 13.5. The predicted molar refractivity (Wildman–Crippen MR) is 103 cm³/mol. The highest BCUT2D eigenvalue weighted by Gasteiger charge is 2.62. The number of aryl methyl sites for hydroxylation is 1. The van der Waals surface area contributed by atoms with Gasteiger partial charge in [-0.25, -0.2) is 8.42 Å². The summed E-state index contributed by atoms with van der Waals surface area (Å²) >= 11 is 0. The molecule has 4 nitrogen and oxygen atoms in total. The standard InChI is InChI=1S/C20H27BO4S/c1-13-6-10-16(11-7-13)26(22,23)18-15-9-8-14(12-15)17(18)21-24-19(2,3)20(4,5)25-21/h6-11,14-15,17-18H,12H2,1-5H3/t14?,15?,17-,18-/m0/s1. The highest BCUT2D eigenvalue weighted by molar-refractivity contribution is 7.92. The van der Waals surface area contributed by atoms with Gasteiger partial charge in [0.15, 0.2) is 9.84 Å². The van der Waals surface area contributed by atoms with Gasteiger partial charge in [0.1, 0.15) is 0 Å². The topological polar surface area (TPSA) is 52.6 Å². The Kier molecular flexibility index (Phi) is 4.00. The van der Waals surface area contributed by atoms with Gasteiger partial charge in [0.05, 0.1) is 21.3 Å². The molecule has 1 saturated heterocycles. The van der Waals surface area contributed by atoms with E-state index in [-0.39, 0.29) is 17.7 Å². The maximum Gasteiger partial charge on any atom is 0.463 e. The van der Waals surface area contributed by atoms with Gasteiger partial charge in [0, 0.05) is 5.82 Å². The van der Waals surface area contributed by atoms with Crippen LogP contribution < -0.4 is 0 Å². The molecule has 0 spiro atoms. The summed E-state index contributed by atoms with van der Waals surface area (Å²) in [4.78, 5) is 0.399. The minimum atomic E-state index is -3.46. The van der Waals surface area contributed by atoms with E-state index in [0.29, 0.717) is 4.90 Å². The zero-order valence-electron chi connectivity index (χ0n) is 16.1. The van der Waals surface area contributed by atoms with Crippen LogP contribution in [0.2, 0.25) is 5.82 Å². The molecule has 26 heavy (non-hydrogen) atoms. The van der Waals surface area contributed by atoms with Crippen LogP contribution in [0, 0.1) is 18.8 Å². The zero-order valence-corrected chi connectivity index (χ0v) is 16.9. The van der Waals surface area contributed by atoms with Crippen molar-refractivity contribution in [3.05, 3.63) is 42.0 Å². The van der Waals surface area contributed by atoms with Crippen LogP contribution in [0.1, 0.15) is 39.7 Å². The molecule has 1 saturated carbocycles. The van der Waals surface area contributed by atoms with Crippen molar-refractivity contribution in [3.8, 4) is 0 Å². The number of hydrogen-bond donors (Lipinski definition) is 0. The summed E-state index contributed by atoms with van der Waals surface area (Å²) < 4.78 is 39.5. The molecule has 4 atom stereocenters. The Hall–Kier alpha value is -1.11. The van der Waals surface area contributed by atoms with Crippen LogP contribution in [0.5, 0.6) is 0 Å². The summed E-state index contributed by atoms with van der Waals surface area (Å²) in [5, 5.41) is -0.491. The smallest absolute Gasteiger partial charge is 0.403 e. The highest BCUT2D eigenvalue weighted by atomic mass is 32.2. The molecule has 1 aromatic rings. The highest BCUT2D eigenvalue weighted by Crippen LogP contribution is 2.56. The van der Waals surface area contributed by atoms with E-state index < -0.39 is 33.4 Å². The first-order valence-corrected chi connectivity index (χ1v) is 10.9. The van der Waals surface area contributed by atoms with Gasteiger partial charge in [-0.15, -0.1) is 0 Å². The van der Waals surface area contributed by atoms with Crippen molar-refractivity contribution in [2.45, 2.75) is 68.2 Å². The Morgan fingerprint density at radius 3 is 2.08 bits per heavy atom. The molecule has 0 radical (unpaired) electrons. The summed E-state index contributed by atoms with van der Waals surface area (Å²) in [5.74, 6) is 0.0626. The lowest BCUT2D eigenvalue weighted by Crippen LogP contribution is -2.41. The molecule has 1 aliphatic heterocycles. The molecule has 4 rings (SSSR count). The minimum Gasteiger partial charge on any atom is -0.403 e. The number of sulfone groups is 1. The Morgan fingerprint density at radius 1 is 0.962 bits per heavy atom. The van der Waals surface area contributed by atoms with Crippen LogP contribution in [0.15, 0.2) is 41.3 Å². The average molecular weight is 374 g/mol. The maximum absolute atomic E-state index is 13.5. The molecule has 6 heteroatoms. The van der Waals surface area contributed by atoms with Crippen molar-refractivity contribution in [1.29, 1.82) is 0 Å². The van der Waals surface area contributed by atoms with Crippen LogP contribution in [0.3, 0.4) is 0 Å². The fourth-order valence-corrected chi connectivity index (χ4v) is 6.78. The molecule has 0 aromatic heterocycles. The van der Waals surface area contributed by atoms with E-state index in [0.717, 1.165) is 12.0 Å². The van der Waals surface area contributed by atoms with Crippen LogP contribution in [-0.2, 0) is 19.1 Å². The number of hydrogen-bond acceptors (Lipinski definition) is 4. The lowest BCUT2D eigenvalue weighted by Gasteiger charge is -2.32. The first-order chi connectivity index (χ1) is 12.0. The second kappa shape index (κ2) is 5.70. The number of allylic oxidation sites excluding steroid dienone is 2. The third-order valence-corrected chi connectivity index (χ3v) is 9.05. The van der Waals surface area contributed by atoms with Crippen LogP contribution in [-0.4, -0.2) is 32.0 Å². The summed E-state index contributed by atoms with van der Waals surface area (Å²) in [6.07, 6.45) is 5.09. The Labute approximate surface area is 157 Å².